The van der Waals surface area contributed by atoms with Crippen molar-refractivity contribution in [2.24, 2.45) is 0 Å². The predicted molar refractivity (Wildman–Crippen MR) is 284 cm³/mol. The average Bonchev–Trinajstić information content (AvgIpc) is 3.86. The minimum Gasteiger partial charge on any atom is -0.438 e. The Balaban J connectivity index is 1.21. The maximum absolute atomic E-state index is 16.5. The average molecular weight is 1090 g/mol. The molecule has 6 aromatic rings. The molecule has 0 radical (unpaired) electrons. The van der Waals surface area contributed by atoms with Gasteiger partial charge < -0.3 is 9.26 Å². The van der Waals surface area contributed by atoms with Gasteiger partial charge in [0.25, 0.3) is 31.0 Å². The molecule has 0 N–H and O–H groups in total. The Bertz CT molecular complexity index is 3560. The van der Waals surface area contributed by atoms with Crippen molar-refractivity contribution >= 4 is 48.0 Å². The second kappa shape index (κ2) is 19.1. The number of carbonyl (C=O) groups is 5. The first-order valence-electron chi connectivity index (χ1n) is 25.5. The van der Waals surface area contributed by atoms with Crippen LogP contribution in [0.3, 0.4) is 0 Å². The Labute approximate surface area is 447 Å². The van der Waals surface area contributed by atoms with E-state index in [1.807, 2.05) is 42.5 Å². The minimum absolute atomic E-state index is 0.133. The van der Waals surface area contributed by atoms with Crippen molar-refractivity contribution in [2.75, 3.05) is 4.90 Å². The van der Waals surface area contributed by atoms with E-state index in [1.165, 1.54) is 25.1 Å². The number of esters is 1. The Kier molecular flexibility index (Phi) is 13.5. The topological polar surface area (TPSA) is 127 Å². The van der Waals surface area contributed by atoms with Crippen LogP contribution in [0.1, 0.15) is 150 Å². The van der Waals surface area contributed by atoms with Crippen LogP contribution in [0.15, 0.2) is 140 Å². The normalized spacial score (nSPS) is 17.3. The van der Waals surface area contributed by atoms with Gasteiger partial charge in [-0.05, 0) is 134 Å². The molecule has 0 fully saturated rings. The SMILES string of the molecule is C=C(C)C(=O)Oc1cc(C(C)(c2ccc(C(C)(CC)CC)cc2)P2(=O)Oc3ccccc3-c3ccccc32)ccc1N1C(=O)c2ccc(C(c3ccc4c(c3)C(=O)N(C(C)(CC)CC)C4=O)(C(F)(F)F)C(F)(F)F)cc2C1=O. The van der Waals surface area contributed by atoms with Gasteiger partial charge >= 0.3 is 18.3 Å². The van der Waals surface area contributed by atoms with Crippen molar-refractivity contribution in [1.82, 2.24) is 4.90 Å². The summed E-state index contributed by atoms with van der Waals surface area (Å²) in [5.41, 5.74) is -9.30. The Morgan fingerprint density at radius 2 is 1.04 bits per heavy atom. The molecule has 0 saturated heterocycles. The van der Waals surface area contributed by atoms with Crippen LogP contribution in [0.4, 0.5) is 32.0 Å². The van der Waals surface area contributed by atoms with E-state index in [0.717, 1.165) is 29.4 Å². The lowest BCUT2D eigenvalue weighted by molar-refractivity contribution is -0.288. The molecule has 0 saturated carbocycles. The number of para-hydroxylation sites is 1. The van der Waals surface area contributed by atoms with Crippen LogP contribution in [0.2, 0.25) is 0 Å². The molecule has 0 aromatic heterocycles. The van der Waals surface area contributed by atoms with Crippen LogP contribution in [-0.2, 0) is 25.3 Å². The molecule has 2 unspecified atom stereocenters. The van der Waals surface area contributed by atoms with Crippen molar-refractivity contribution < 1.29 is 64.1 Å². The highest BCUT2D eigenvalue weighted by Crippen LogP contribution is 2.69. The van der Waals surface area contributed by atoms with Crippen molar-refractivity contribution in [1.29, 1.82) is 0 Å². The van der Waals surface area contributed by atoms with Crippen LogP contribution in [0.25, 0.3) is 11.1 Å². The second-order valence-electron chi connectivity index (χ2n) is 20.8. The van der Waals surface area contributed by atoms with Gasteiger partial charge in [0.1, 0.15) is 10.9 Å². The van der Waals surface area contributed by atoms with Gasteiger partial charge in [0.2, 0.25) is 5.41 Å². The maximum Gasteiger partial charge on any atom is 0.411 e. The lowest BCUT2D eigenvalue weighted by Crippen LogP contribution is -2.55. The smallest absolute Gasteiger partial charge is 0.411 e. The summed E-state index contributed by atoms with van der Waals surface area (Å²) in [4.78, 5) is 71.6. The molecular weight excluding hydrogens is 1030 g/mol. The molecule has 0 aliphatic carbocycles. The number of hydrogen-bond donors (Lipinski definition) is 0. The molecule has 3 aliphatic rings. The van der Waals surface area contributed by atoms with E-state index in [4.69, 9.17) is 9.26 Å². The quantitative estimate of drug-likeness (QED) is 0.0263. The number of nitrogens with zero attached hydrogens (tertiary/aromatic N) is 2. The minimum atomic E-state index is -6.21. The molecule has 3 aliphatic heterocycles. The lowest BCUT2D eigenvalue weighted by atomic mass is 9.71. The zero-order chi connectivity index (χ0) is 56.9. The summed E-state index contributed by atoms with van der Waals surface area (Å²) in [6.07, 6.45) is -10.3. The third-order valence-electron chi connectivity index (χ3n) is 16.8. The lowest BCUT2D eigenvalue weighted by Gasteiger charge is -2.42. The molecule has 17 heteroatoms. The van der Waals surface area contributed by atoms with Crippen molar-refractivity contribution in [3.8, 4) is 22.6 Å². The van der Waals surface area contributed by atoms with E-state index < -0.39 is 105 Å². The molecule has 2 atom stereocenters. The van der Waals surface area contributed by atoms with E-state index in [2.05, 4.69) is 27.4 Å². The fraction of sp³-hybridized carbons (Fsp3) is 0.295. The summed E-state index contributed by atoms with van der Waals surface area (Å²) in [7, 11) is -4.28. The van der Waals surface area contributed by atoms with Crippen LogP contribution < -0.4 is 19.5 Å². The van der Waals surface area contributed by atoms with E-state index in [0.29, 0.717) is 63.0 Å². The number of amides is 4. The molecular formula is C61H55F6N2O8P. The maximum atomic E-state index is 16.5. The third-order valence-corrected chi connectivity index (χ3v) is 20.0. The Morgan fingerprint density at radius 3 is 1.59 bits per heavy atom. The number of alkyl halides is 6. The molecule has 6 aromatic carbocycles. The molecule has 10 nitrogen and oxygen atoms in total. The largest absolute Gasteiger partial charge is 0.438 e. The first-order valence-corrected chi connectivity index (χ1v) is 27.1. The first-order chi connectivity index (χ1) is 36.6. The van der Waals surface area contributed by atoms with Crippen LogP contribution in [0, 0.1) is 0 Å². The van der Waals surface area contributed by atoms with Gasteiger partial charge in [-0.2, -0.15) is 26.3 Å². The van der Waals surface area contributed by atoms with Gasteiger partial charge in [0.05, 0.1) is 33.2 Å². The molecule has 78 heavy (non-hydrogen) atoms. The van der Waals surface area contributed by atoms with Gasteiger partial charge in [-0.15, -0.1) is 0 Å². The number of rotatable bonds is 14. The summed E-state index contributed by atoms with van der Waals surface area (Å²) in [6.45, 7) is 17.9. The van der Waals surface area contributed by atoms with E-state index >= 15 is 30.9 Å². The number of carbonyl (C=O) groups excluding carboxylic acids is 5. The fourth-order valence-corrected chi connectivity index (χ4v) is 14.0. The molecule has 9 rings (SSSR count). The monoisotopic (exact) mass is 1090 g/mol. The summed E-state index contributed by atoms with van der Waals surface area (Å²) >= 11 is 0. The zero-order valence-electron chi connectivity index (χ0n) is 44.0. The number of anilines is 1. The molecule has 404 valence electrons. The standard InChI is InChI=1S/C61H55F6N2O8P/c1-10-56(7,11-2)36-22-24-37(25-23-36)58(9,78(75)50-21-17-15-19-42(50)41-18-14-16-20-48(41)77-78)38-28-31-47(49(34-38)76-55(74)35(5)6)68-51(70)43-29-26-39(32-45(43)52(68)71)59(60(62,63)64,61(65,66)67)40-27-30-44-46(33-40)54(73)69(53(44)72)57(8,12-3)13-4/h14-34H,5,10-13H2,1-4,6-9H3. The van der Waals surface area contributed by atoms with Gasteiger partial charge in [0.15, 0.2) is 5.75 Å². The number of ether oxygens (including phenoxy) is 1. The molecule has 0 bridgehead atoms. The summed E-state index contributed by atoms with van der Waals surface area (Å²) in [5.74, 6) is -5.71. The molecule has 0 spiro atoms. The number of fused-ring (bicyclic) bond motifs is 5. The van der Waals surface area contributed by atoms with Gasteiger partial charge in [-0.1, -0.05) is 120 Å². The molecule has 3 heterocycles. The number of benzene rings is 6. The van der Waals surface area contributed by atoms with Crippen LogP contribution in [-0.4, -0.2) is 52.4 Å². The predicted octanol–water partition coefficient (Wildman–Crippen LogP) is 14.6. The van der Waals surface area contributed by atoms with Crippen molar-refractivity contribution in [3.63, 3.8) is 0 Å². The fourth-order valence-electron chi connectivity index (χ4n) is 11.1. The van der Waals surface area contributed by atoms with E-state index in [9.17, 15) is 24.0 Å². The Hall–Kier alpha value is -7.58. The van der Waals surface area contributed by atoms with Crippen molar-refractivity contribution in [2.45, 2.75) is 115 Å². The third kappa shape index (κ3) is 7.98. The van der Waals surface area contributed by atoms with Gasteiger partial charge in [-0.25, -0.2) is 9.69 Å². The summed E-state index contributed by atoms with van der Waals surface area (Å²) < 4.78 is 124. The summed E-state index contributed by atoms with van der Waals surface area (Å²) in [5, 5.41) is -1.32. The highest BCUT2D eigenvalue weighted by atomic mass is 31.2. The van der Waals surface area contributed by atoms with Gasteiger partial charge in [-0.3, -0.25) is 28.6 Å². The zero-order valence-corrected chi connectivity index (χ0v) is 44.9. The highest BCUT2D eigenvalue weighted by molar-refractivity contribution is 7.69. The van der Waals surface area contributed by atoms with E-state index in [-0.39, 0.29) is 35.0 Å². The van der Waals surface area contributed by atoms with Crippen molar-refractivity contribution in [3.05, 3.63) is 190 Å². The highest BCUT2D eigenvalue weighted by Gasteiger charge is 2.73. The molecule has 4 amide bonds. The number of hydrogen-bond acceptors (Lipinski definition) is 8. The Morgan fingerprint density at radius 1 is 0.564 bits per heavy atom. The number of imide groups is 2. The van der Waals surface area contributed by atoms with E-state index in [1.54, 1.807) is 58.0 Å². The van der Waals surface area contributed by atoms with Crippen LogP contribution in [0.5, 0.6) is 11.5 Å². The summed E-state index contributed by atoms with van der Waals surface area (Å²) in [6, 6.07) is 28.8. The second-order valence-corrected chi connectivity index (χ2v) is 23.4. The van der Waals surface area contributed by atoms with Crippen LogP contribution >= 0.6 is 7.37 Å². The number of halogens is 6. The van der Waals surface area contributed by atoms with Gasteiger partial charge in [0, 0.05) is 16.7 Å². The first kappa shape index (κ1) is 55.2.